The number of nitrogens with one attached hydrogen (secondary N) is 4. The van der Waals surface area contributed by atoms with Crippen LogP contribution in [0.25, 0.3) is 5.52 Å². The highest BCUT2D eigenvalue weighted by molar-refractivity contribution is 5.94. The second-order valence-electron chi connectivity index (χ2n) is 8.64. The monoisotopic (exact) mass is 511 g/mol. The van der Waals surface area contributed by atoms with Crippen molar-refractivity contribution in [1.29, 1.82) is 5.26 Å². The first-order valence-electron chi connectivity index (χ1n) is 12.2. The number of aryl methyl sites for hydroxylation is 1. The molecule has 2 heterocycles. The van der Waals surface area contributed by atoms with E-state index in [9.17, 15) is 14.9 Å². The molecular formula is C28H29N7O3. The van der Waals surface area contributed by atoms with E-state index < -0.39 is 0 Å². The molecule has 0 spiro atoms. The number of unbranched alkanes of at least 4 members (excludes halogenated alkanes) is 1. The zero-order valence-corrected chi connectivity index (χ0v) is 21.2. The molecule has 4 N–H and O–H groups in total. The lowest BCUT2D eigenvalue weighted by Crippen LogP contribution is -2.30. The van der Waals surface area contributed by atoms with Gasteiger partial charge in [-0.3, -0.25) is 4.79 Å². The summed E-state index contributed by atoms with van der Waals surface area (Å²) in [6, 6.07) is 18.8. The van der Waals surface area contributed by atoms with Crippen LogP contribution in [0.1, 0.15) is 30.9 Å². The van der Waals surface area contributed by atoms with E-state index in [0.717, 1.165) is 29.8 Å². The zero-order valence-electron chi connectivity index (χ0n) is 21.2. The lowest BCUT2D eigenvalue weighted by atomic mass is 10.1. The molecule has 0 saturated carbocycles. The Bertz CT molecular complexity index is 1460. The van der Waals surface area contributed by atoms with Crippen molar-refractivity contribution in [1.82, 2.24) is 20.2 Å². The minimum Gasteiger partial charge on any atom is -0.457 e. The Morgan fingerprint density at radius 1 is 1.00 bits per heavy atom. The Labute approximate surface area is 220 Å². The first kappa shape index (κ1) is 26.0. The lowest BCUT2D eigenvalue weighted by Gasteiger charge is -2.12. The van der Waals surface area contributed by atoms with Crippen molar-refractivity contribution < 1.29 is 14.3 Å². The maximum absolute atomic E-state index is 12.4. The Balaban J connectivity index is 1.46. The lowest BCUT2D eigenvalue weighted by molar-refractivity contribution is -0.118. The van der Waals surface area contributed by atoms with Crippen LogP contribution in [0.4, 0.5) is 21.9 Å². The number of hydrogen-bond acceptors (Lipinski definition) is 6. The van der Waals surface area contributed by atoms with E-state index in [1.807, 2.05) is 61.5 Å². The van der Waals surface area contributed by atoms with Gasteiger partial charge in [0.15, 0.2) is 0 Å². The van der Waals surface area contributed by atoms with Crippen molar-refractivity contribution >= 4 is 34.5 Å². The van der Waals surface area contributed by atoms with Gasteiger partial charge in [0.05, 0.1) is 34.8 Å². The number of ether oxygens (including phenoxy) is 1. The van der Waals surface area contributed by atoms with E-state index >= 15 is 0 Å². The molecule has 0 aliphatic carbocycles. The molecule has 38 heavy (non-hydrogen) atoms. The number of urea groups is 1. The normalized spacial score (nSPS) is 10.4. The van der Waals surface area contributed by atoms with Crippen LogP contribution in [-0.4, -0.2) is 34.6 Å². The molecule has 0 atom stereocenters. The molecule has 0 fully saturated rings. The fraction of sp³-hybridized carbons (Fsp3) is 0.214. The summed E-state index contributed by atoms with van der Waals surface area (Å²) in [6.45, 7) is 4.39. The van der Waals surface area contributed by atoms with Crippen LogP contribution in [0.15, 0.2) is 67.0 Å². The van der Waals surface area contributed by atoms with Gasteiger partial charge in [-0.1, -0.05) is 18.2 Å². The number of para-hydroxylation sites is 1. The first-order chi connectivity index (χ1) is 18.4. The van der Waals surface area contributed by atoms with Crippen LogP contribution in [-0.2, 0) is 4.79 Å². The summed E-state index contributed by atoms with van der Waals surface area (Å²) in [6.07, 6.45) is 4.70. The molecule has 0 unspecified atom stereocenters. The molecular weight excluding hydrogens is 482 g/mol. The predicted molar refractivity (Wildman–Crippen MR) is 146 cm³/mol. The van der Waals surface area contributed by atoms with Crippen LogP contribution in [0.5, 0.6) is 11.5 Å². The molecule has 0 saturated heterocycles. The molecule has 2 aromatic carbocycles. The highest BCUT2D eigenvalue weighted by Gasteiger charge is 2.17. The molecule has 0 aliphatic rings. The maximum Gasteiger partial charge on any atom is 0.319 e. The van der Waals surface area contributed by atoms with Crippen LogP contribution in [0.2, 0.25) is 0 Å². The quantitative estimate of drug-likeness (QED) is 0.219. The van der Waals surface area contributed by atoms with Crippen molar-refractivity contribution in [2.45, 2.75) is 26.7 Å². The summed E-state index contributed by atoms with van der Waals surface area (Å²) in [5, 5.41) is 25.8. The van der Waals surface area contributed by atoms with Gasteiger partial charge in [-0.05, 0) is 56.2 Å². The number of carbonyl (C=O) groups excluding carboxylic acids is 2. The molecule has 0 bridgehead atoms. The Morgan fingerprint density at radius 2 is 1.68 bits per heavy atom. The van der Waals surface area contributed by atoms with Crippen molar-refractivity contribution in [2.24, 2.45) is 0 Å². The summed E-state index contributed by atoms with van der Waals surface area (Å²) in [5.41, 5.74) is 3.75. The number of benzene rings is 2. The number of nitrogens with zero attached hydrogens (tertiary/aromatic N) is 3. The molecule has 3 amide bonds. The van der Waals surface area contributed by atoms with Gasteiger partial charge in [-0.15, -0.1) is 0 Å². The molecule has 0 radical (unpaired) electrons. The van der Waals surface area contributed by atoms with Gasteiger partial charge in [0.1, 0.15) is 17.6 Å². The molecule has 4 rings (SSSR count). The van der Waals surface area contributed by atoms with Crippen LogP contribution < -0.4 is 26.0 Å². The molecule has 4 aromatic rings. The third-order valence-corrected chi connectivity index (χ3v) is 5.79. The first-order valence-corrected chi connectivity index (χ1v) is 12.2. The van der Waals surface area contributed by atoms with Crippen molar-refractivity contribution in [2.75, 3.05) is 23.7 Å². The molecule has 2 aromatic heterocycles. The number of aromatic nitrogens is 2. The molecule has 10 nitrogen and oxygen atoms in total. The van der Waals surface area contributed by atoms with Gasteiger partial charge < -0.3 is 26.0 Å². The fourth-order valence-corrected chi connectivity index (χ4v) is 3.88. The average molecular weight is 512 g/mol. The summed E-state index contributed by atoms with van der Waals surface area (Å²) in [7, 11) is 0. The summed E-state index contributed by atoms with van der Waals surface area (Å²) in [4.78, 5) is 23.4. The number of anilines is 3. The minimum absolute atomic E-state index is 0.0666. The predicted octanol–water partition coefficient (Wildman–Crippen LogP) is 5.09. The van der Waals surface area contributed by atoms with E-state index in [1.165, 1.54) is 13.1 Å². The SMILES string of the molecule is CC(=O)NCCCCNC(=O)Nc1cn2ncc(C#N)c(Nc3ccc(Oc4ccccc4)cc3)c2c1C. The third kappa shape index (κ3) is 6.59. The van der Waals surface area contributed by atoms with E-state index in [4.69, 9.17) is 4.74 Å². The van der Waals surface area contributed by atoms with E-state index in [0.29, 0.717) is 41.3 Å². The van der Waals surface area contributed by atoms with Gasteiger partial charge in [0.2, 0.25) is 5.91 Å². The smallest absolute Gasteiger partial charge is 0.319 e. The van der Waals surface area contributed by atoms with Crippen molar-refractivity contribution in [3.05, 3.63) is 78.1 Å². The second-order valence-corrected chi connectivity index (χ2v) is 8.64. The van der Waals surface area contributed by atoms with Crippen molar-refractivity contribution in [3.8, 4) is 17.6 Å². The highest BCUT2D eigenvalue weighted by Crippen LogP contribution is 2.33. The maximum atomic E-state index is 12.4. The number of nitriles is 1. The van der Waals surface area contributed by atoms with Gasteiger partial charge in [-0.25, -0.2) is 9.31 Å². The zero-order chi connectivity index (χ0) is 26.9. The average Bonchev–Trinajstić information content (AvgIpc) is 3.23. The Kier molecular flexibility index (Phi) is 8.41. The van der Waals surface area contributed by atoms with Crippen LogP contribution >= 0.6 is 0 Å². The molecule has 194 valence electrons. The number of carbonyl (C=O) groups is 2. The number of amides is 3. The summed E-state index contributed by atoms with van der Waals surface area (Å²) >= 11 is 0. The molecule has 10 heteroatoms. The largest absolute Gasteiger partial charge is 0.457 e. The van der Waals surface area contributed by atoms with E-state index in [-0.39, 0.29) is 11.9 Å². The van der Waals surface area contributed by atoms with Crippen LogP contribution in [0, 0.1) is 18.3 Å². The highest BCUT2D eigenvalue weighted by atomic mass is 16.5. The summed E-state index contributed by atoms with van der Waals surface area (Å²) in [5.74, 6) is 1.37. The van der Waals surface area contributed by atoms with Gasteiger partial charge in [0.25, 0.3) is 0 Å². The Hall–Kier alpha value is -5.04. The van der Waals surface area contributed by atoms with Crippen LogP contribution in [0.3, 0.4) is 0 Å². The second kappa shape index (κ2) is 12.3. The van der Waals surface area contributed by atoms with Gasteiger partial charge >= 0.3 is 6.03 Å². The van der Waals surface area contributed by atoms with E-state index in [1.54, 1.807) is 10.7 Å². The topological polar surface area (TPSA) is 133 Å². The minimum atomic E-state index is -0.340. The Morgan fingerprint density at radius 3 is 2.37 bits per heavy atom. The third-order valence-electron chi connectivity index (χ3n) is 5.79. The number of hydrogen-bond donors (Lipinski definition) is 4. The van der Waals surface area contributed by atoms with Gasteiger partial charge in [0, 0.05) is 31.3 Å². The number of rotatable bonds is 10. The number of fused-ring (bicyclic) bond motifs is 1. The fourth-order valence-electron chi connectivity index (χ4n) is 3.88. The van der Waals surface area contributed by atoms with Crippen molar-refractivity contribution in [3.63, 3.8) is 0 Å². The summed E-state index contributed by atoms with van der Waals surface area (Å²) < 4.78 is 7.49. The van der Waals surface area contributed by atoms with E-state index in [2.05, 4.69) is 32.4 Å². The van der Waals surface area contributed by atoms with Gasteiger partial charge in [-0.2, -0.15) is 10.4 Å². The standard InChI is InChI=1S/C28H29N7O3/c1-19-25(34-28(37)31-15-7-6-14-30-20(2)36)18-35-27(19)26(21(16-29)17-32-35)33-22-10-12-24(13-11-22)38-23-8-4-3-5-9-23/h3-5,8-13,17-18,33H,6-7,14-15H2,1-2H3,(H,30,36)(H2,31,34,37). The molecule has 0 aliphatic heterocycles.